The lowest BCUT2D eigenvalue weighted by Gasteiger charge is -2.24. The molecule has 1 aromatic heterocycles. The van der Waals surface area contributed by atoms with Crippen LogP contribution in [-0.4, -0.2) is 24.0 Å². The van der Waals surface area contributed by atoms with Crippen LogP contribution in [0.4, 0.5) is 0 Å². The number of hydrogen-bond acceptors (Lipinski definition) is 6. The third kappa shape index (κ3) is 4.66. The summed E-state index contributed by atoms with van der Waals surface area (Å²) in [6.07, 6.45) is 2.66. The van der Waals surface area contributed by atoms with Crippen LogP contribution >= 0.6 is 0 Å². The van der Waals surface area contributed by atoms with Gasteiger partial charge in [-0.25, -0.2) is 4.79 Å². The number of carbonyl (C=O) groups is 2. The molecule has 0 spiro atoms. The lowest BCUT2D eigenvalue weighted by molar-refractivity contribution is -0.308. The Bertz CT molecular complexity index is 1020. The van der Waals surface area contributed by atoms with Gasteiger partial charge in [-0.3, -0.25) is 4.79 Å². The second kappa shape index (κ2) is 8.90. The number of fused-ring (bicyclic) bond motifs is 3. The minimum absolute atomic E-state index is 0.0829. The third-order valence-corrected chi connectivity index (χ3v) is 5.41. The summed E-state index contributed by atoms with van der Waals surface area (Å²) in [7, 11) is 0. The van der Waals surface area contributed by atoms with Crippen molar-refractivity contribution in [1.82, 2.24) is 5.32 Å². The van der Waals surface area contributed by atoms with Crippen molar-refractivity contribution in [3.8, 4) is 5.75 Å². The Kier molecular flexibility index (Phi) is 6.48. The summed E-state index contributed by atoms with van der Waals surface area (Å²) in [5, 5.41) is 14.6. The van der Waals surface area contributed by atoms with Gasteiger partial charge in [-0.05, 0) is 75.1 Å². The lowest BCUT2D eigenvalue weighted by Crippen LogP contribution is -2.51. The fourth-order valence-corrected chi connectivity index (χ4v) is 3.98. The molecule has 0 fully saturated rings. The van der Waals surface area contributed by atoms with Crippen LogP contribution in [0.3, 0.4) is 0 Å². The number of carboxylic acids is 1. The van der Waals surface area contributed by atoms with Gasteiger partial charge in [0.2, 0.25) is 0 Å². The van der Waals surface area contributed by atoms with Crippen molar-refractivity contribution in [2.75, 3.05) is 0 Å². The number of aryl methyl sites for hydroxylation is 2. The summed E-state index contributed by atoms with van der Waals surface area (Å²) in [4.78, 5) is 36.3. The molecule has 0 saturated carbocycles. The highest BCUT2D eigenvalue weighted by atomic mass is 16.5. The van der Waals surface area contributed by atoms with Gasteiger partial charge in [-0.2, -0.15) is 0 Å². The largest absolute Gasteiger partial charge is 0.548 e. The van der Waals surface area contributed by atoms with Crippen LogP contribution in [0.1, 0.15) is 56.7 Å². The molecule has 2 aromatic rings. The standard InChI is InChI=1S/C23H29NO6/c1-12(2)9-17(22(26)27)24-21(25)14(4)29-18-10-13(3)11-19-20(18)15-7-5-6-8-16(15)23(28)30-19/h10-12,14,17H,5-9H2,1-4H3,(H,24,25)(H,26,27)/p-1/t14-,17-/m0/s1. The molecule has 7 heteroatoms. The number of carboxylic acid groups (broad SMARTS) is 1. The summed E-state index contributed by atoms with van der Waals surface area (Å²) in [5.41, 5.74) is 2.55. The van der Waals surface area contributed by atoms with E-state index in [9.17, 15) is 19.5 Å². The Labute approximate surface area is 175 Å². The van der Waals surface area contributed by atoms with Crippen LogP contribution in [0, 0.1) is 12.8 Å². The average Bonchev–Trinajstić information content (AvgIpc) is 2.66. The molecule has 30 heavy (non-hydrogen) atoms. The van der Waals surface area contributed by atoms with Gasteiger partial charge in [0.15, 0.2) is 6.10 Å². The van der Waals surface area contributed by atoms with E-state index in [0.717, 1.165) is 30.4 Å². The molecule has 0 saturated heterocycles. The summed E-state index contributed by atoms with van der Waals surface area (Å²) in [6, 6.07) is 2.52. The first-order chi connectivity index (χ1) is 14.2. The van der Waals surface area contributed by atoms with Crippen molar-refractivity contribution < 1.29 is 23.8 Å². The normalized spacial score (nSPS) is 15.5. The second-order valence-electron chi connectivity index (χ2n) is 8.46. The smallest absolute Gasteiger partial charge is 0.339 e. The molecule has 162 valence electrons. The van der Waals surface area contributed by atoms with Crippen molar-refractivity contribution in [1.29, 1.82) is 0 Å². The Balaban J connectivity index is 1.92. The van der Waals surface area contributed by atoms with Crippen molar-refractivity contribution in [2.24, 2.45) is 5.92 Å². The molecule has 0 radical (unpaired) electrons. The van der Waals surface area contributed by atoms with Crippen LogP contribution in [0.15, 0.2) is 21.3 Å². The summed E-state index contributed by atoms with van der Waals surface area (Å²) < 4.78 is 11.5. The molecular formula is C23H28NO6-. The second-order valence-corrected chi connectivity index (χ2v) is 8.46. The van der Waals surface area contributed by atoms with Crippen LogP contribution in [0.25, 0.3) is 11.0 Å². The van der Waals surface area contributed by atoms with Crippen LogP contribution in [-0.2, 0) is 22.4 Å². The highest BCUT2D eigenvalue weighted by Gasteiger charge is 2.25. The van der Waals surface area contributed by atoms with Gasteiger partial charge in [-0.1, -0.05) is 13.8 Å². The lowest BCUT2D eigenvalue weighted by atomic mass is 9.90. The summed E-state index contributed by atoms with van der Waals surface area (Å²) in [5.74, 6) is -1.31. The van der Waals surface area contributed by atoms with Crippen molar-refractivity contribution in [3.05, 3.63) is 39.2 Å². The molecule has 7 nitrogen and oxygen atoms in total. The van der Waals surface area contributed by atoms with E-state index in [4.69, 9.17) is 9.15 Å². The van der Waals surface area contributed by atoms with Gasteiger partial charge in [0.25, 0.3) is 5.91 Å². The zero-order chi connectivity index (χ0) is 22.0. The molecule has 0 bridgehead atoms. The van der Waals surface area contributed by atoms with Gasteiger partial charge >= 0.3 is 5.63 Å². The van der Waals surface area contributed by atoms with E-state index in [1.54, 1.807) is 13.0 Å². The molecule has 2 atom stereocenters. The quantitative estimate of drug-likeness (QED) is 0.695. The van der Waals surface area contributed by atoms with Crippen molar-refractivity contribution >= 4 is 22.8 Å². The maximum absolute atomic E-state index is 12.6. The van der Waals surface area contributed by atoms with Gasteiger partial charge in [0.05, 0.1) is 17.4 Å². The third-order valence-electron chi connectivity index (χ3n) is 5.41. The number of rotatable bonds is 7. The number of aliphatic carboxylic acids is 1. The number of benzene rings is 1. The van der Waals surface area contributed by atoms with E-state index in [-0.39, 0.29) is 18.0 Å². The zero-order valence-corrected chi connectivity index (χ0v) is 17.9. The highest BCUT2D eigenvalue weighted by molar-refractivity contribution is 5.90. The average molecular weight is 414 g/mol. The molecule has 1 aliphatic carbocycles. The number of hydrogen-bond donors (Lipinski definition) is 1. The maximum Gasteiger partial charge on any atom is 0.339 e. The molecule has 3 rings (SSSR count). The molecule has 1 aromatic carbocycles. The Morgan fingerprint density at radius 2 is 1.83 bits per heavy atom. The molecule has 1 aliphatic rings. The van der Waals surface area contributed by atoms with Gasteiger partial charge in [0.1, 0.15) is 11.3 Å². The van der Waals surface area contributed by atoms with E-state index >= 15 is 0 Å². The fourth-order valence-electron chi connectivity index (χ4n) is 3.98. The Hall–Kier alpha value is -2.83. The summed E-state index contributed by atoms with van der Waals surface area (Å²) in [6.45, 7) is 7.16. The fraction of sp³-hybridized carbons (Fsp3) is 0.522. The van der Waals surface area contributed by atoms with Crippen LogP contribution in [0.2, 0.25) is 0 Å². The molecule has 1 N–H and O–H groups in total. The van der Waals surface area contributed by atoms with Gasteiger partial charge in [0, 0.05) is 5.56 Å². The molecule has 0 unspecified atom stereocenters. The van der Waals surface area contributed by atoms with Crippen molar-refractivity contribution in [3.63, 3.8) is 0 Å². The Morgan fingerprint density at radius 1 is 1.17 bits per heavy atom. The van der Waals surface area contributed by atoms with Gasteiger partial charge in [-0.15, -0.1) is 0 Å². The molecular weight excluding hydrogens is 386 g/mol. The van der Waals surface area contributed by atoms with Gasteiger partial charge < -0.3 is 24.4 Å². The SMILES string of the molecule is Cc1cc(O[C@@H](C)C(=O)N[C@@H](CC(C)C)C(=O)[O-])c2c3c(c(=O)oc2c1)CCCC3. The first kappa shape index (κ1) is 21.9. The summed E-state index contributed by atoms with van der Waals surface area (Å²) >= 11 is 0. The highest BCUT2D eigenvalue weighted by Crippen LogP contribution is 2.35. The topological polar surface area (TPSA) is 109 Å². The van der Waals surface area contributed by atoms with E-state index in [2.05, 4.69) is 5.32 Å². The minimum Gasteiger partial charge on any atom is -0.548 e. The number of carbonyl (C=O) groups excluding carboxylic acids is 2. The van der Waals surface area contributed by atoms with Crippen molar-refractivity contribution in [2.45, 2.75) is 71.9 Å². The molecule has 0 aliphatic heterocycles. The van der Waals surface area contributed by atoms with E-state index < -0.39 is 24.0 Å². The maximum atomic E-state index is 12.6. The minimum atomic E-state index is -1.32. The van der Waals surface area contributed by atoms with E-state index in [0.29, 0.717) is 28.7 Å². The van der Waals surface area contributed by atoms with Crippen LogP contribution in [0.5, 0.6) is 5.75 Å². The first-order valence-corrected chi connectivity index (χ1v) is 10.4. The monoisotopic (exact) mass is 414 g/mol. The van der Waals surface area contributed by atoms with E-state index in [1.165, 1.54) is 0 Å². The number of ether oxygens (including phenoxy) is 1. The Morgan fingerprint density at radius 3 is 2.47 bits per heavy atom. The molecule has 1 heterocycles. The number of nitrogens with one attached hydrogen (secondary N) is 1. The zero-order valence-electron chi connectivity index (χ0n) is 17.9. The van der Waals surface area contributed by atoms with Crippen LogP contribution < -0.4 is 20.8 Å². The predicted molar refractivity (Wildman–Crippen MR) is 110 cm³/mol. The molecule has 1 amide bonds. The van der Waals surface area contributed by atoms with E-state index in [1.807, 2.05) is 26.8 Å². The predicted octanol–water partition coefficient (Wildman–Crippen LogP) is 2.03. The first-order valence-electron chi connectivity index (χ1n) is 10.4. The number of amides is 1.